The van der Waals surface area contributed by atoms with Crippen molar-refractivity contribution in [1.82, 2.24) is 15.0 Å². The van der Waals surface area contributed by atoms with Crippen molar-refractivity contribution in [1.29, 1.82) is 0 Å². The monoisotopic (exact) mass is 259 g/mol. The molecule has 94 valence electrons. The van der Waals surface area contributed by atoms with Crippen molar-refractivity contribution >= 4 is 12.2 Å². The van der Waals surface area contributed by atoms with E-state index in [0.29, 0.717) is 10.6 Å². The molecule has 0 aliphatic heterocycles. The van der Waals surface area contributed by atoms with Gasteiger partial charge in [-0.2, -0.15) is 0 Å². The lowest BCUT2D eigenvalue weighted by Gasteiger charge is -2.12. The maximum Gasteiger partial charge on any atom is 0.158 e. The summed E-state index contributed by atoms with van der Waals surface area (Å²) >= 11 is 5.39. The lowest BCUT2D eigenvalue weighted by atomic mass is 10.0. The third-order valence-electron chi connectivity index (χ3n) is 2.96. The summed E-state index contributed by atoms with van der Waals surface area (Å²) in [6, 6.07) is 3.94. The van der Waals surface area contributed by atoms with Gasteiger partial charge in [-0.1, -0.05) is 32.1 Å². The number of hydrogen-bond acceptors (Lipinski definition) is 3. The summed E-state index contributed by atoms with van der Waals surface area (Å²) in [5.41, 5.74) is 4.14. The summed E-state index contributed by atoms with van der Waals surface area (Å²) in [6.45, 7) is 8.31. The molecule has 2 aromatic heterocycles. The SMILES string of the molecule is Cc1cccnc1-c1nc(=S)c(C(C)C)c(C)[nH]1. The van der Waals surface area contributed by atoms with Crippen molar-refractivity contribution in [2.24, 2.45) is 0 Å². The summed E-state index contributed by atoms with van der Waals surface area (Å²) in [5.74, 6) is 1.13. The van der Waals surface area contributed by atoms with E-state index in [9.17, 15) is 0 Å². The van der Waals surface area contributed by atoms with Crippen LogP contribution < -0.4 is 0 Å². The molecular weight excluding hydrogens is 242 g/mol. The van der Waals surface area contributed by atoms with Gasteiger partial charge in [-0.05, 0) is 31.4 Å². The van der Waals surface area contributed by atoms with E-state index in [0.717, 1.165) is 28.3 Å². The minimum atomic E-state index is 0.375. The highest BCUT2D eigenvalue weighted by Crippen LogP contribution is 2.22. The van der Waals surface area contributed by atoms with E-state index in [1.807, 2.05) is 26.0 Å². The molecule has 0 aliphatic rings. The second kappa shape index (κ2) is 4.98. The predicted octanol–water partition coefficient (Wildman–Crippen LogP) is 3.94. The van der Waals surface area contributed by atoms with E-state index in [1.165, 1.54) is 0 Å². The maximum atomic E-state index is 5.39. The first-order valence-corrected chi connectivity index (χ1v) is 6.44. The van der Waals surface area contributed by atoms with Crippen LogP contribution in [0.2, 0.25) is 0 Å². The van der Waals surface area contributed by atoms with E-state index in [1.54, 1.807) is 6.20 Å². The van der Waals surface area contributed by atoms with Gasteiger partial charge >= 0.3 is 0 Å². The lowest BCUT2D eigenvalue weighted by Crippen LogP contribution is -2.03. The summed E-state index contributed by atoms with van der Waals surface area (Å²) in [4.78, 5) is 12.2. The molecule has 3 nitrogen and oxygen atoms in total. The van der Waals surface area contributed by atoms with E-state index in [2.05, 4.69) is 28.8 Å². The molecule has 0 saturated heterocycles. The first-order chi connectivity index (χ1) is 8.50. The predicted molar refractivity (Wildman–Crippen MR) is 76.2 cm³/mol. The third-order valence-corrected chi connectivity index (χ3v) is 3.28. The van der Waals surface area contributed by atoms with Crippen molar-refractivity contribution in [2.75, 3.05) is 0 Å². The molecular formula is C14H17N3S. The number of aryl methyl sites for hydroxylation is 2. The topological polar surface area (TPSA) is 41.6 Å². The Morgan fingerprint density at radius 3 is 2.56 bits per heavy atom. The van der Waals surface area contributed by atoms with Crippen LogP contribution in [0, 0.1) is 18.5 Å². The van der Waals surface area contributed by atoms with Gasteiger partial charge in [0, 0.05) is 17.5 Å². The molecule has 1 N–H and O–H groups in total. The number of aromatic nitrogens is 3. The lowest BCUT2D eigenvalue weighted by molar-refractivity contribution is 0.824. The number of nitrogens with one attached hydrogen (secondary N) is 1. The largest absolute Gasteiger partial charge is 0.342 e. The van der Waals surface area contributed by atoms with Gasteiger partial charge < -0.3 is 4.98 Å². The van der Waals surface area contributed by atoms with Crippen LogP contribution >= 0.6 is 12.2 Å². The smallest absolute Gasteiger partial charge is 0.158 e. The Kier molecular flexibility index (Phi) is 3.57. The average Bonchev–Trinajstić information content (AvgIpc) is 2.27. The Hall–Kier alpha value is -1.55. The summed E-state index contributed by atoms with van der Waals surface area (Å²) < 4.78 is 0.668. The minimum absolute atomic E-state index is 0.375. The molecule has 0 bridgehead atoms. The normalized spacial score (nSPS) is 10.9. The quantitative estimate of drug-likeness (QED) is 0.830. The standard InChI is InChI=1S/C14H17N3S/c1-8(2)11-10(4)16-13(17-14(11)18)12-9(3)6-5-7-15-12/h5-8H,1-4H3,(H,16,17,18). The highest BCUT2D eigenvalue weighted by Gasteiger charge is 2.11. The molecule has 2 rings (SSSR count). The molecule has 18 heavy (non-hydrogen) atoms. The van der Waals surface area contributed by atoms with Crippen molar-refractivity contribution in [3.05, 3.63) is 39.8 Å². The first-order valence-electron chi connectivity index (χ1n) is 6.03. The fourth-order valence-electron chi connectivity index (χ4n) is 2.12. The molecule has 0 amide bonds. The van der Waals surface area contributed by atoms with Crippen LogP contribution in [-0.2, 0) is 0 Å². The zero-order valence-electron chi connectivity index (χ0n) is 11.1. The molecule has 0 spiro atoms. The summed E-state index contributed by atoms with van der Waals surface area (Å²) in [5, 5.41) is 0. The van der Waals surface area contributed by atoms with Crippen LogP contribution in [0.5, 0.6) is 0 Å². The second-order valence-corrected chi connectivity index (χ2v) is 5.14. The number of H-pyrrole nitrogens is 1. The number of rotatable bonds is 2. The van der Waals surface area contributed by atoms with Crippen LogP contribution in [0.3, 0.4) is 0 Å². The maximum absolute atomic E-state index is 5.39. The molecule has 2 aromatic rings. The molecule has 0 atom stereocenters. The van der Waals surface area contributed by atoms with Crippen molar-refractivity contribution in [3.63, 3.8) is 0 Å². The molecule has 0 fully saturated rings. The molecule has 0 unspecified atom stereocenters. The average molecular weight is 259 g/mol. The van der Waals surface area contributed by atoms with E-state index in [-0.39, 0.29) is 0 Å². The number of pyridine rings is 1. The minimum Gasteiger partial charge on any atom is -0.342 e. The van der Waals surface area contributed by atoms with E-state index in [4.69, 9.17) is 12.2 Å². The Labute approximate surface area is 112 Å². The zero-order chi connectivity index (χ0) is 13.3. The van der Waals surface area contributed by atoms with Crippen molar-refractivity contribution in [3.8, 4) is 11.5 Å². The van der Waals surface area contributed by atoms with Crippen LogP contribution in [0.4, 0.5) is 0 Å². The van der Waals surface area contributed by atoms with Gasteiger partial charge in [0.1, 0.15) is 10.3 Å². The zero-order valence-corrected chi connectivity index (χ0v) is 11.9. The highest BCUT2D eigenvalue weighted by molar-refractivity contribution is 7.71. The fraction of sp³-hybridized carbons (Fsp3) is 0.357. The van der Waals surface area contributed by atoms with Gasteiger partial charge in [-0.3, -0.25) is 4.98 Å². The van der Waals surface area contributed by atoms with Crippen LogP contribution in [0.25, 0.3) is 11.5 Å². The van der Waals surface area contributed by atoms with Gasteiger partial charge in [0.2, 0.25) is 0 Å². The van der Waals surface area contributed by atoms with E-state index >= 15 is 0 Å². The number of hydrogen-bond donors (Lipinski definition) is 1. The molecule has 0 saturated carbocycles. The van der Waals surface area contributed by atoms with Crippen molar-refractivity contribution in [2.45, 2.75) is 33.6 Å². The Morgan fingerprint density at radius 1 is 1.28 bits per heavy atom. The third kappa shape index (κ3) is 2.34. The molecule has 4 heteroatoms. The van der Waals surface area contributed by atoms with Gasteiger partial charge in [0.05, 0.1) is 0 Å². The summed E-state index contributed by atoms with van der Waals surface area (Å²) in [7, 11) is 0. The van der Waals surface area contributed by atoms with E-state index < -0.39 is 0 Å². The van der Waals surface area contributed by atoms with Gasteiger partial charge in [0.15, 0.2) is 5.82 Å². The van der Waals surface area contributed by atoms with Crippen molar-refractivity contribution < 1.29 is 0 Å². The van der Waals surface area contributed by atoms with Crippen LogP contribution in [0.1, 0.15) is 36.6 Å². The molecule has 0 radical (unpaired) electrons. The summed E-state index contributed by atoms with van der Waals surface area (Å²) in [6.07, 6.45) is 1.77. The number of nitrogens with zero attached hydrogens (tertiary/aromatic N) is 2. The Bertz CT molecular complexity index is 629. The number of aromatic amines is 1. The van der Waals surface area contributed by atoms with Gasteiger partial charge in [0.25, 0.3) is 0 Å². The second-order valence-electron chi connectivity index (χ2n) is 4.75. The van der Waals surface area contributed by atoms with Crippen LogP contribution in [0.15, 0.2) is 18.3 Å². The molecule has 0 aromatic carbocycles. The Morgan fingerprint density at radius 2 is 2.00 bits per heavy atom. The fourth-order valence-corrected chi connectivity index (χ4v) is 2.60. The molecule has 2 heterocycles. The highest BCUT2D eigenvalue weighted by atomic mass is 32.1. The van der Waals surface area contributed by atoms with Gasteiger partial charge in [-0.15, -0.1) is 0 Å². The molecule has 0 aliphatic carbocycles. The first kappa shape index (κ1) is 12.9. The Balaban J connectivity index is 2.63. The van der Waals surface area contributed by atoms with Crippen LogP contribution in [-0.4, -0.2) is 15.0 Å². The van der Waals surface area contributed by atoms with Gasteiger partial charge in [-0.25, -0.2) is 4.98 Å².